The molecular formula is C13H27NO2S. The number of nitrogens with one attached hydrogen (secondary N) is 1. The summed E-state index contributed by atoms with van der Waals surface area (Å²) in [4.78, 5) is 11.3. The van der Waals surface area contributed by atoms with Crippen LogP contribution in [0.2, 0.25) is 0 Å². The Morgan fingerprint density at radius 1 is 1.35 bits per heavy atom. The summed E-state index contributed by atoms with van der Waals surface area (Å²) in [5, 5.41) is 12.4. The molecule has 0 radical (unpaired) electrons. The van der Waals surface area contributed by atoms with Gasteiger partial charge in [-0.2, -0.15) is 11.8 Å². The minimum Gasteiger partial charge on any atom is -0.480 e. The molecule has 102 valence electrons. The van der Waals surface area contributed by atoms with E-state index in [1.807, 2.05) is 25.6 Å². The van der Waals surface area contributed by atoms with Gasteiger partial charge in [0, 0.05) is 6.04 Å². The Morgan fingerprint density at radius 2 is 1.94 bits per heavy atom. The van der Waals surface area contributed by atoms with Gasteiger partial charge >= 0.3 is 5.97 Å². The van der Waals surface area contributed by atoms with E-state index >= 15 is 0 Å². The molecule has 2 N–H and O–H groups in total. The maximum absolute atomic E-state index is 11.3. The number of unbranched alkanes of at least 4 members (excludes halogenated alkanes) is 1. The number of carbonyl (C=O) groups is 1. The number of hydrogen-bond donors (Lipinski definition) is 2. The zero-order chi connectivity index (χ0) is 13.3. The lowest BCUT2D eigenvalue weighted by Crippen LogP contribution is -2.52. The zero-order valence-corrected chi connectivity index (χ0v) is 12.4. The largest absolute Gasteiger partial charge is 0.480 e. The molecule has 17 heavy (non-hydrogen) atoms. The summed E-state index contributed by atoms with van der Waals surface area (Å²) >= 11 is 1.93. The highest BCUT2D eigenvalue weighted by Gasteiger charge is 2.32. The zero-order valence-electron chi connectivity index (χ0n) is 11.6. The molecule has 0 bridgehead atoms. The van der Waals surface area contributed by atoms with Crippen molar-refractivity contribution in [3.05, 3.63) is 0 Å². The molecule has 0 heterocycles. The Bertz CT molecular complexity index is 221. The lowest BCUT2D eigenvalue weighted by atomic mass is 9.95. The van der Waals surface area contributed by atoms with Crippen LogP contribution in [0.1, 0.15) is 53.4 Å². The van der Waals surface area contributed by atoms with Crippen molar-refractivity contribution in [3.8, 4) is 0 Å². The predicted octanol–water partition coefficient (Wildman–Crippen LogP) is 3.14. The van der Waals surface area contributed by atoms with E-state index in [0.717, 1.165) is 12.2 Å². The predicted molar refractivity (Wildman–Crippen MR) is 75.8 cm³/mol. The third-order valence-corrected chi connectivity index (χ3v) is 3.84. The van der Waals surface area contributed by atoms with Gasteiger partial charge in [-0.3, -0.25) is 10.1 Å². The highest BCUT2D eigenvalue weighted by atomic mass is 32.2. The minimum absolute atomic E-state index is 0.198. The second-order valence-electron chi connectivity index (χ2n) is 5.01. The van der Waals surface area contributed by atoms with Crippen LogP contribution in [0.15, 0.2) is 0 Å². The maximum Gasteiger partial charge on any atom is 0.323 e. The van der Waals surface area contributed by atoms with Gasteiger partial charge in [-0.25, -0.2) is 0 Å². The first-order valence-electron chi connectivity index (χ1n) is 6.51. The van der Waals surface area contributed by atoms with Crippen LogP contribution in [0.3, 0.4) is 0 Å². The van der Waals surface area contributed by atoms with Gasteiger partial charge in [0.05, 0.1) is 0 Å². The highest BCUT2D eigenvalue weighted by Crippen LogP contribution is 2.17. The monoisotopic (exact) mass is 261 g/mol. The summed E-state index contributed by atoms with van der Waals surface area (Å²) in [7, 11) is 0. The molecule has 0 amide bonds. The molecule has 0 saturated carbocycles. The second kappa shape index (κ2) is 8.81. The summed E-state index contributed by atoms with van der Waals surface area (Å²) in [6.45, 7) is 7.94. The minimum atomic E-state index is -0.778. The average molecular weight is 261 g/mol. The molecule has 0 aliphatic carbocycles. The summed E-state index contributed by atoms with van der Waals surface area (Å²) in [6.07, 6.45) is 4.14. The molecule has 0 fully saturated rings. The SMILES string of the molecule is CCCCSCCCC(C)(NC(C)C)C(=O)O. The van der Waals surface area contributed by atoms with Gasteiger partial charge in [-0.1, -0.05) is 13.3 Å². The van der Waals surface area contributed by atoms with Gasteiger partial charge in [0.1, 0.15) is 5.54 Å². The van der Waals surface area contributed by atoms with Crippen molar-refractivity contribution in [2.75, 3.05) is 11.5 Å². The van der Waals surface area contributed by atoms with Crippen LogP contribution in [0.4, 0.5) is 0 Å². The van der Waals surface area contributed by atoms with Crippen LogP contribution >= 0.6 is 11.8 Å². The highest BCUT2D eigenvalue weighted by molar-refractivity contribution is 7.99. The smallest absolute Gasteiger partial charge is 0.323 e. The lowest BCUT2D eigenvalue weighted by Gasteiger charge is -2.28. The van der Waals surface area contributed by atoms with Crippen LogP contribution in [-0.4, -0.2) is 34.2 Å². The van der Waals surface area contributed by atoms with E-state index in [1.165, 1.54) is 18.6 Å². The third-order valence-electron chi connectivity index (χ3n) is 2.69. The van der Waals surface area contributed by atoms with Crippen molar-refractivity contribution in [2.45, 2.75) is 65.0 Å². The first-order chi connectivity index (χ1) is 7.92. The molecule has 0 aromatic carbocycles. The van der Waals surface area contributed by atoms with Gasteiger partial charge in [0.25, 0.3) is 0 Å². The summed E-state index contributed by atoms with van der Waals surface area (Å²) in [5.74, 6) is 1.50. The molecule has 3 nitrogen and oxygen atoms in total. The van der Waals surface area contributed by atoms with E-state index in [2.05, 4.69) is 12.2 Å². The molecule has 1 unspecified atom stereocenters. The van der Waals surface area contributed by atoms with Gasteiger partial charge < -0.3 is 5.11 Å². The van der Waals surface area contributed by atoms with E-state index in [4.69, 9.17) is 0 Å². The van der Waals surface area contributed by atoms with Crippen LogP contribution in [0.5, 0.6) is 0 Å². The molecule has 1 atom stereocenters. The number of hydrogen-bond acceptors (Lipinski definition) is 3. The molecule has 0 spiro atoms. The first-order valence-corrected chi connectivity index (χ1v) is 7.66. The van der Waals surface area contributed by atoms with Crippen molar-refractivity contribution in [3.63, 3.8) is 0 Å². The average Bonchev–Trinajstić information content (AvgIpc) is 2.22. The van der Waals surface area contributed by atoms with Crippen molar-refractivity contribution in [2.24, 2.45) is 0 Å². The standard InChI is InChI=1S/C13H27NO2S/c1-5-6-9-17-10-7-8-13(4,12(15)16)14-11(2)3/h11,14H,5-10H2,1-4H3,(H,15,16). The van der Waals surface area contributed by atoms with Crippen molar-refractivity contribution >= 4 is 17.7 Å². The van der Waals surface area contributed by atoms with Crippen LogP contribution in [0.25, 0.3) is 0 Å². The first kappa shape index (κ1) is 16.8. The molecule has 4 heteroatoms. The number of aliphatic carboxylic acids is 1. The summed E-state index contributed by atoms with van der Waals surface area (Å²) in [6, 6.07) is 0.198. The Labute approximate surface area is 110 Å². The van der Waals surface area contributed by atoms with Crippen molar-refractivity contribution in [1.82, 2.24) is 5.32 Å². The third kappa shape index (κ3) is 7.66. The Balaban J connectivity index is 3.89. The quantitative estimate of drug-likeness (QED) is 0.593. The summed E-state index contributed by atoms with van der Waals surface area (Å²) in [5.41, 5.74) is -0.778. The lowest BCUT2D eigenvalue weighted by molar-refractivity contribution is -0.144. The molecule has 0 aromatic heterocycles. The van der Waals surface area contributed by atoms with Crippen LogP contribution in [0, 0.1) is 0 Å². The summed E-state index contributed by atoms with van der Waals surface area (Å²) < 4.78 is 0. The van der Waals surface area contributed by atoms with Crippen LogP contribution < -0.4 is 5.32 Å². The topological polar surface area (TPSA) is 49.3 Å². The number of carboxylic acids is 1. The normalized spacial score (nSPS) is 14.9. The second-order valence-corrected chi connectivity index (χ2v) is 6.23. The fourth-order valence-corrected chi connectivity index (χ4v) is 2.80. The fraction of sp³-hybridized carbons (Fsp3) is 0.923. The molecule has 0 rings (SSSR count). The van der Waals surface area contributed by atoms with E-state index in [0.29, 0.717) is 6.42 Å². The van der Waals surface area contributed by atoms with E-state index in [-0.39, 0.29) is 6.04 Å². The molecule has 0 aromatic rings. The van der Waals surface area contributed by atoms with Gasteiger partial charge in [0.2, 0.25) is 0 Å². The fourth-order valence-electron chi connectivity index (χ4n) is 1.75. The van der Waals surface area contributed by atoms with Gasteiger partial charge in [-0.15, -0.1) is 0 Å². The number of rotatable bonds is 10. The van der Waals surface area contributed by atoms with E-state index in [9.17, 15) is 9.90 Å². The molecule has 0 aliphatic heterocycles. The number of carboxylic acid groups (broad SMARTS) is 1. The Hall–Kier alpha value is -0.220. The molecule has 0 saturated heterocycles. The Morgan fingerprint density at radius 3 is 2.41 bits per heavy atom. The van der Waals surface area contributed by atoms with E-state index < -0.39 is 11.5 Å². The van der Waals surface area contributed by atoms with E-state index in [1.54, 1.807) is 6.92 Å². The maximum atomic E-state index is 11.3. The van der Waals surface area contributed by atoms with Crippen LogP contribution in [-0.2, 0) is 4.79 Å². The van der Waals surface area contributed by atoms with Gasteiger partial charge in [-0.05, 0) is 51.5 Å². The van der Waals surface area contributed by atoms with Crippen molar-refractivity contribution < 1.29 is 9.90 Å². The van der Waals surface area contributed by atoms with Crippen molar-refractivity contribution in [1.29, 1.82) is 0 Å². The van der Waals surface area contributed by atoms with Gasteiger partial charge in [0.15, 0.2) is 0 Å². The number of thioether (sulfide) groups is 1. The molecule has 0 aliphatic rings. The molecular weight excluding hydrogens is 234 g/mol. The Kier molecular flexibility index (Phi) is 8.70.